The van der Waals surface area contributed by atoms with Gasteiger partial charge in [0.15, 0.2) is 0 Å². The maximum Gasteiger partial charge on any atom is 0.230 e. The van der Waals surface area contributed by atoms with Crippen LogP contribution in [0.25, 0.3) is 0 Å². The zero-order valence-corrected chi connectivity index (χ0v) is 14.0. The molecule has 0 atom stereocenters. The summed E-state index contributed by atoms with van der Waals surface area (Å²) >= 11 is 0. The lowest BCUT2D eigenvalue weighted by Crippen LogP contribution is -2.41. The first-order chi connectivity index (χ1) is 10.7. The van der Waals surface area contributed by atoms with E-state index in [1.807, 2.05) is 4.90 Å². The molecular formula is C13H22FN5O3S. The van der Waals surface area contributed by atoms with Crippen LogP contribution in [-0.4, -0.2) is 54.6 Å². The number of rotatable bonds is 6. The number of aliphatic hydroxyl groups is 1. The van der Waals surface area contributed by atoms with Gasteiger partial charge in [-0.1, -0.05) is 0 Å². The Morgan fingerprint density at radius 1 is 1.39 bits per heavy atom. The summed E-state index contributed by atoms with van der Waals surface area (Å²) in [5.41, 5.74) is 2.00. The summed E-state index contributed by atoms with van der Waals surface area (Å²) in [7, 11) is -3.63. The van der Waals surface area contributed by atoms with E-state index in [9.17, 15) is 12.8 Å². The van der Waals surface area contributed by atoms with Crippen LogP contribution < -0.4 is 15.2 Å². The SMILES string of the molecule is Cc1cc(NNS(=O)(=O)CCO)nc(N2CCC(C)(F)CC2)n1. The van der Waals surface area contributed by atoms with Gasteiger partial charge in [-0.3, -0.25) is 5.43 Å². The molecule has 2 heterocycles. The molecule has 0 unspecified atom stereocenters. The van der Waals surface area contributed by atoms with Crippen molar-refractivity contribution in [1.29, 1.82) is 0 Å². The Balaban J connectivity index is 2.07. The molecule has 1 aromatic rings. The van der Waals surface area contributed by atoms with Gasteiger partial charge >= 0.3 is 0 Å². The van der Waals surface area contributed by atoms with Gasteiger partial charge in [0.25, 0.3) is 0 Å². The highest BCUT2D eigenvalue weighted by Gasteiger charge is 2.30. The monoisotopic (exact) mass is 347 g/mol. The van der Waals surface area contributed by atoms with Gasteiger partial charge < -0.3 is 10.0 Å². The normalized spacial score (nSPS) is 18.0. The highest BCUT2D eigenvalue weighted by molar-refractivity contribution is 7.89. The van der Waals surface area contributed by atoms with Crippen LogP contribution in [0.1, 0.15) is 25.5 Å². The molecule has 10 heteroatoms. The molecule has 0 amide bonds. The van der Waals surface area contributed by atoms with E-state index < -0.39 is 28.1 Å². The third-order valence-electron chi connectivity index (χ3n) is 3.63. The summed E-state index contributed by atoms with van der Waals surface area (Å²) < 4.78 is 36.9. The number of hydrogen-bond acceptors (Lipinski definition) is 7. The van der Waals surface area contributed by atoms with Crippen LogP contribution in [0.15, 0.2) is 6.07 Å². The van der Waals surface area contributed by atoms with Crippen molar-refractivity contribution >= 4 is 21.8 Å². The van der Waals surface area contributed by atoms with Crippen molar-refractivity contribution in [3.8, 4) is 0 Å². The third kappa shape index (κ3) is 5.26. The largest absolute Gasteiger partial charge is 0.395 e. The molecule has 0 bridgehead atoms. The van der Waals surface area contributed by atoms with Crippen molar-refractivity contribution in [2.75, 3.05) is 35.8 Å². The summed E-state index contributed by atoms with van der Waals surface area (Å²) in [5, 5.41) is 8.69. The van der Waals surface area contributed by atoms with E-state index in [1.54, 1.807) is 19.9 Å². The van der Waals surface area contributed by atoms with Crippen molar-refractivity contribution < 1.29 is 17.9 Å². The van der Waals surface area contributed by atoms with Crippen LogP contribution in [0.4, 0.5) is 16.2 Å². The second kappa shape index (κ2) is 6.93. The number of aliphatic hydroxyl groups excluding tert-OH is 1. The molecule has 3 N–H and O–H groups in total. The molecule has 0 saturated carbocycles. The van der Waals surface area contributed by atoms with Crippen molar-refractivity contribution in [2.24, 2.45) is 0 Å². The Morgan fingerprint density at radius 3 is 2.65 bits per heavy atom. The molecule has 0 aliphatic carbocycles. The minimum absolute atomic E-state index is 0.294. The fraction of sp³-hybridized carbons (Fsp3) is 0.692. The predicted molar refractivity (Wildman–Crippen MR) is 85.4 cm³/mol. The van der Waals surface area contributed by atoms with E-state index in [1.165, 1.54) is 0 Å². The van der Waals surface area contributed by atoms with Crippen LogP contribution in [0.5, 0.6) is 0 Å². The second-order valence-electron chi connectivity index (χ2n) is 5.86. The highest BCUT2D eigenvalue weighted by atomic mass is 32.2. The van der Waals surface area contributed by atoms with Crippen molar-refractivity contribution in [3.63, 3.8) is 0 Å². The average Bonchev–Trinajstić information content (AvgIpc) is 2.44. The topological polar surface area (TPSA) is 107 Å². The number of sulfonamides is 1. The number of piperidine rings is 1. The molecule has 1 aliphatic heterocycles. The zero-order chi connectivity index (χ0) is 17.1. The summed E-state index contributed by atoms with van der Waals surface area (Å²) in [6.45, 7) is 3.89. The minimum Gasteiger partial charge on any atom is -0.395 e. The summed E-state index contributed by atoms with van der Waals surface area (Å²) in [6, 6.07) is 1.59. The fourth-order valence-corrected chi connectivity index (χ4v) is 2.84. The van der Waals surface area contributed by atoms with Gasteiger partial charge in [0.2, 0.25) is 16.0 Å². The Hall–Kier alpha value is -1.52. The number of nitrogens with zero attached hydrogens (tertiary/aromatic N) is 3. The number of hydrogen-bond donors (Lipinski definition) is 3. The molecule has 23 heavy (non-hydrogen) atoms. The number of aryl methyl sites for hydroxylation is 1. The molecule has 0 spiro atoms. The molecular weight excluding hydrogens is 325 g/mol. The quantitative estimate of drug-likeness (QED) is 0.637. The zero-order valence-electron chi connectivity index (χ0n) is 13.2. The number of hydrazine groups is 1. The van der Waals surface area contributed by atoms with E-state index in [0.717, 1.165) is 0 Å². The third-order valence-corrected chi connectivity index (χ3v) is 4.76. The second-order valence-corrected chi connectivity index (χ2v) is 7.71. The molecule has 0 aromatic carbocycles. The Morgan fingerprint density at radius 2 is 2.04 bits per heavy atom. The minimum atomic E-state index is -3.63. The lowest BCUT2D eigenvalue weighted by atomic mass is 9.96. The van der Waals surface area contributed by atoms with Gasteiger partial charge in [-0.15, -0.1) is 4.83 Å². The van der Waals surface area contributed by atoms with Crippen molar-refractivity contribution in [2.45, 2.75) is 32.4 Å². The van der Waals surface area contributed by atoms with Gasteiger partial charge in [-0.2, -0.15) is 4.98 Å². The fourth-order valence-electron chi connectivity index (χ4n) is 2.23. The summed E-state index contributed by atoms with van der Waals surface area (Å²) in [5.74, 6) is 0.324. The van der Waals surface area contributed by atoms with Gasteiger partial charge in [-0.25, -0.2) is 17.8 Å². The van der Waals surface area contributed by atoms with Crippen LogP contribution in [0.3, 0.4) is 0 Å². The molecule has 1 aliphatic rings. The van der Waals surface area contributed by atoms with E-state index in [0.29, 0.717) is 43.4 Å². The molecule has 130 valence electrons. The number of aromatic nitrogens is 2. The van der Waals surface area contributed by atoms with Gasteiger partial charge in [0.05, 0.1) is 12.4 Å². The molecule has 0 radical (unpaired) electrons. The number of nitrogens with one attached hydrogen (secondary N) is 2. The molecule has 2 rings (SSSR count). The summed E-state index contributed by atoms with van der Waals surface area (Å²) in [6.07, 6.45) is 0.798. The predicted octanol–water partition coefficient (Wildman–Crippen LogP) is 0.352. The Bertz CT molecular complexity index is 643. The first kappa shape index (κ1) is 17.8. The maximum absolute atomic E-state index is 13.9. The molecule has 1 saturated heterocycles. The summed E-state index contributed by atoms with van der Waals surface area (Å²) in [4.78, 5) is 12.6. The van der Waals surface area contributed by atoms with Gasteiger partial charge in [0, 0.05) is 24.8 Å². The van der Waals surface area contributed by atoms with Crippen LogP contribution in [0.2, 0.25) is 0 Å². The van der Waals surface area contributed by atoms with E-state index in [2.05, 4.69) is 20.2 Å². The first-order valence-electron chi connectivity index (χ1n) is 7.37. The van der Waals surface area contributed by atoms with Crippen LogP contribution >= 0.6 is 0 Å². The lowest BCUT2D eigenvalue weighted by Gasteiger charge is -2.34. The first-order valence-corrected chi connectivity index (χ1v) is 9.02. The Kier molecular flexibility index (Phi) is 5.37. The molecule has 1 aromatic heterocycles. The number of halogens is 1. The van der Waals surface area contributed by atoms with Gasteiger partial charge in [0.1, 0.15) is 11.5 Å². The Labute approximate surface area is 135 Å². The van der Waals surface area contributed by atoms with E-state index >= 15 is 0 Å². The smallest absolute Gasteiger partial charge is 0.230 e. The highest BCUT2D eigenvalue weighted by Crippen LogP contribution is 2.27. The van der Waals surface area contributed by atoms with E-state index in [-0.39, 0.29) is 0 Å². The standard InChI is InChI=1S/C13H22FN5O3S/c1-10-9-11(17-18-23(21,22)8-7-20)16-12(15-10)19-5-3-13(2,14)4-6-19/h9,18,20H,3-8H2,1-2H3,(H,15,16,17). The average molecular weight is 347 g/mol. The van der Waals surface area contributed by atoms with Crippen molar-refractivity contribution in [1.82, 2.24) is 14.8 Å². The number of anilines is 2. The molecule has 8 nitrogen and oxygen atoms in total. The van der Waals surface area contributed by atoms with E-state index in [4.69, 9.17) is 5.11 Å². The number of alkyl halides is 1. The van der Waals surface area contributed by atoms with Crippen LogP contribution in [-0.2, 0) is 10.0 Å². The lowest BCUT2D eigenvalue weighted by molar-refractivity contribution is 0.148. The van der Waals surface area contributed by atoms with Gasteiger partial charge in [-0.05, 0) is 26.7 Å². The molecule has 1 fully saturated rings. The van der Waals surface area contributed by atoms with Crippen LogP contribution in [0, 0.1) is 6.92 Å². The maximum atomic E-state index is 13.9. The van der Waals surface area contributed by atoms with Crippen molar-refractivity contribution in [3.05, 3.63) is 11.8 Å².